The minimum Gasteiger partial charge on any atom is -0.368 e. The Morgan fingerprint density at radius 3 is 2.10 bits per heavy atom. The van der Waals surface area contributed by atoms with Gasteiger partial charge >= 0.3 is 0 Å². The number of aromatic nitrogens is 2. The van der Waals surface area contributed by atoms with Gasteiger partial charge in [0.05, 0.1) is 11.2 Å². The molecule has 5 rings (SSSR count). The zero-order chi connectivity index (χ0) is 20.5. The van der Waals surface area contributed by atoms with Crippen LogP contribution in [-0.2, 0) is 0 Å². The molecule has 0 aliphatic carbocycles. The summed E-state index contributed by atoms with van der Waals surface area (Å²) in [4.78, 5) is 14.7. The van der Waals surface area contributed by atoms with Crippen LogP contribution in [0.15, 0.2) is 72.8 Å². The van der Waals surface area contributed by atoms with Gasteiger partial charge in [-0.2, -0.15) is 0 Å². The van der Waals surface area contributed by atoms with Crippen molar-refractivity contribution in [3.63, 3.8) is 0 Å². The van der Waals surface area contributed by atoms with Crippen LogP contribution in [0.5, 0.6) is 0 Å². The summed E-state index contributed by atoms with van der Waals surface area (Å²) in [5.74, 6) is 0.828. The Morgan fingerprint density at radius 1 is 0.667 bits per heavy atom. The summed E-state index contributed by atoms with van der Waals surface area (Å²) >= 11 is 0. The fourth-order valence-corrected chi connectivity index (χ4v) is 4.20. The number of rotatable bonds is 3. The SMILES string of the molecule is Cc1ccc(-c2nc(N3CCN(c4ccccc4C)CC3)nc3ccccc23)cc1. The Kier molecular flexibility index (Phi) is 4.83. The van der Waals surface area contributed by atoms with E-state index in [0.29, 0.717) is 0 Å². The van der Waals surface area contributed by atoms with Crippen LogP contribution in [0.3, 0.4) is 0 Å². The van der Waals surface area contributed by atoms with Gasteiger partial charge in [-0.25, -0.2) is 9.97 Å². The molecule has 4 nitrogen and oxygen atoms in total. The third kappa shape index (κ3) is 3.50. The van der Waals surface area contributed by atoms with Crippen molar-refractivity contribution in [2.45, 2.75) is 13.8 Å². The van der Waals surface area contributed by atoms with Crippen LogP contribution in [0.1, 0.15) is 11.1 Å². The van der Waals surface area contributed by atoms with E-state index in [4.69, 9.17) is 9.97 Å². The number of hydrogen-bond donors (Lipinski definition) is 0. The molecule has 0 bridgehead atoms. The maximum absolute atomic E-state index is 5.04. The highest BCUT2D eigenvalue weighted by atomic mass is 15.3. The summed E-state index contributed by atoms with van der Waals surface area (Å²) in [6.07, 6.45) is 0. The predicted molar refractivity (Wildman–Crippen MR) is 125 cm³/mol. The Bertz CT molecular complexity index is 1180. The standard InChI is InChI=1S/C26H26N4/c1-19-11-13-21(14-12-19)25-22-8-4-5-9-23(22)27-26(28-25)30-17-15-29(16-18-30)24-10-6-3-7-20(24)2/h3-14H,15-18H2,1-2H3. The first-order valence-electron chi connectivity index (χ1n) is 10.6. The van der Waals surface area contributed by atoms with Crippen LogP contribution in [-0.4, -0.2) is 36.1 Å². The lowest BCUT2D eigenvalue weighted by Gasteiger charge is -2.37. The summed E-state index contributed by atoms with van der Waals surface area (Å²) in [6.45, 7) is 8.07. The minimum atomic E-state index is 0.828. The normalized spacial score (nSPS) is 14.3. The molecule has 0 amide bonds. The number of nitrogens with zero attached hydrogens (tertiary/aromatic N) is 4. The molecule has 1 saturated heterocycles. The van der Waals surface area contributed by atoms with Gasteiger partial charge < -0.3 is 9.80 Å². The molecule has 4 heteroatoms. The van der Waals surface area contributed by atoms with Crippen LogP contribution in [0, 0.1) is 13.8 Å². The van der Waals surface area contributed by atoms with Crippen LogP contribution in [0.4, 0.5) is 11.6 Å². The average Bonchev–Trinajstić information content (AvgIpc) is 2.79. The molecular formula is C26H26N4. The summed E-state index contributed by atoms with van der Waals surface area (Å²) in [5, 5.41) is 1.10. The molecule has 1 fully saturated rings. The van der Waals surface area contributed by atoms with E-state index in [0.717, 1.165) is 54.3 Å². The lowest BCUT2D eigenvalue weighted by atomic mass is 10.1. The third-order valence-electron chi connectivity index (χ3n) is 5.94. The number of anilines is 2. The van der Waals surface area contributed by atoms with Crippen molar-refractivity contribution in [2.24, 2.45) is 0 Å². The molecule has 1 aliphatic heterocycles. The Hall–Kier alpha value is -3.40. The van der Waals surface area contributed by atoms with E-state index >= 15 is 0 Å². The van der Waals surface area contributed by atoms with Crippen molar-refractivity contribution in [1.29, 1.82) is 0 Å². The lowest BCUT2D eigenvalue weighted by molar-refractivity contribution is 0.640. The fourth-order valence-electron chi connectivity index (χ4n) is 4.20. The van der Waals surface area contributed by atoms with E-state index in [9.17, 15) is 0 Å². The molecule has 30 heavy (non-hydrogen) atoms. The zero-order valence-electron chi connectivity index (χ0n) is 17.5. The number of hydrogen-bond acceptors (Lipinski definition) is 4. The van der Waals surface area contributed by atoms with Crippen molar-refractivity contribution >= 4 is 22.5 Å². The summed E-state index contributed by atoms with van der Waals surface area (Å²) in [7, 11) is 0. The molecule has 1 aromatic heterocycles. The molecular weight excluding hydrogens is 368 g/mol. The second kappa shape index (κ2) is 7.79. The van der Waals surface area contributed by atoms with E-state index in [1.807, 2.05) is 6.07 Å². The highest BCUT2D eigenvalue weighted by Crippen LogP contribution is 2.29. The largest absolute Gasteiger partial charge is 0.368 e. The Morgan fingerprint density at radius 2 is 1.33 bits per heavy atom. The number of benzene rings is 3. The number of fused-ring (bicyclic) bond motifs is 1. The third-order valence-corrected chi connectivity index (χ3v) is 5.94. The van der Waals surface area contributed by atoms with Crippen molar-refractivity contribution in [1.82, 2.24) is 9.97 Å². The molecule has 3 aromatic carbocycles. The number of aryl methyl sites for hydroxylation is 2. The molecule has 0 N–H and O–H groups in total. The van der Waals surface area contributed by atoms with Gasteiger partial charge in [0.15, 0.2) is 0 Å². The van der Waals surface area contributed by atoms with Crippen LogP contribution in [0.25, 0.3) is 22.2 Å². The van der Waals surface area contributed by atoms with Crippen LogP contribution in [0.2, 0.25) is 0 Å². The van der Waals surface area contributed by atoms with Gasteiger partial charge in [0.2, 0.25) is 5.95 Å². The first kappa shape index (κ1) is 18.6. The number of piperazine rings is 1. The van der Waals surface area contributed by atoms with Gasteiger partial charge in [-0.05, 0) is 31.5 Å². The molecule has 2 heterocycles. The quantitative estimate of drug-likeness (QED) is 0.476. The molecule has 150 valence electrons. The summed E-state index contributed by atoms with van der Waals surface area (Å²) in [5.41, 5.74) is 7.06. The highest BCUT2D eigenvalue weighted by molar-refractivity contribution is 5.93. The summed E-state index contributed by atoms with van der Waals surface area (Å²) < 4.78 is 0. The molecule has 0 spiro atoms. The molecule has 4 aromatic rings. The van der Waals surface area contributed by atoms with Gasteiger partial charge in [0, 0.05) is 42.8 Å². The van der Waals surface area contributed by atoms with Crippen molar-refractivity contribution in [2.75, 3.05) is 36.0 Å². The van der Waals surface area contributed by atoms with Crippen LogP contribution >= 0.6 is 0 Å². The minimum absolute atomic E-state index is 0.828. The van der Waals surface area contributed by atoms with E-state index in [1.54, 1.807) is 0 Å². The summed E-state index contributed by atoms with van der Waals surface area (Å²) in [6, 6.07) is 25.5. The molecule has 0 atom stereocenters. The number of para-hydroxylation sites is 2. The van der Waals surface area contributed by atoms with Gasteiger partial charge in [-0.15, -0.1) is 0 Å². The molecule has 0 radical (unpaired) electrons. The molecule has 0 unspecified atom stereocenters. The van der Waals surface area contributed by atoms with E-state index in [1.165, 1.54) is 16.8 Å². The van der Waals surface area contributed by atoms with Gasteiger partial charge in [0.25, 0.3) is 0 Å². The van der Waals surface area contributed by atoms with Crippen molar-refractivity contribution in [3.8, 4) is 11.3 Å². The maximum atomic E-state index is 5.04. The lowest BCUT2D eigenvalue weighted by Crippen LogP contribution is -2.47. The molecule has 1 aliphatic rings. The van der Waals surface area contributed by atoms with Crippen molar-refractivity contribution in [3.05, 3.63) is 83.9 Å². The van der Waals surface area contributed by atoms with Gasteiger partial charge in [0.1, 0.15) is 0 Å². The van der Waals surface area contributed by atoms with E-state index in [2.05, 4.69) is 90.4 Å². The zero-order valence-corrected chi connectivity index (χ0v) is 17.5. The molecule has 0 saturated carbocycles. The smallest absolute Gasteiger partial charge is 0.226 e. The Labute approximate surface area is 177 Å². The Balaban J connectivity index is 1.47. The maximum Gasteiger partial charge on any atom is 0.226 e. The fraction of sp³-hybridized carbons (Fsp3) is 0.231. The first-order chi connectivity index (χ1) is 14.7. The van der Waals surface area contributed by atoms with Gasteiger partial charge in [-0.1, -0.05) is 66.2 Å². The highest BCUT2D eigenvalue weighted by Gasteiger charge is 2.21. The monoisotopic (exact) mass is 394 g/mol. The van der Waals surface area contributed by atoms with E-state index < -0.39 is 0 Å². The average molecular weight is 395 g/mol. The van der Waals surface area contributed by atoms with E-state index in [-0.39, 0.29) is 0 Å². The first-order valence-corrected chi connectivity index (χ1v) is 10.6. The second-order valence-corrected chi connectivity index (χ2v) is 8.02. The van der Waals surface area contributed by atoms with Crippen LogP contribution < -0.4 is 9.80 Å². The predicted octanol–water partition coefficient (Wildman–Crippen LogP) is 5.24. The van der Waals surface area contributed by atoms with Crippen molar-refractivity contribution < 1.29 is 0 Å². The second-order valence-electron chi connectivity index (χ2n) is 8.02. The topological polar surface area (TPSA) is 32.3 Å². The van der Waals surface area contributed by atoms with Gasteiger partial charge in [-0.3, -0.25) is 0 Å².